The van der Waals surface area contributed by atoms with Gasteiger partial charge in [0.1, 0.15) is 11.5 Å². The summed E-state index contributed by atoms with van der Waals surface area (Å²) >= 11 is 10.4. The van der Waals surface area contributed by atoms with Crippen LogP contribution in [0.1, 0.15) is 20.1 Å². The number of rotatable bonds is 7. The number of anilines is 1. The van der Waals surface area contributed by atoms with E-state index in [-0.39, 0.29) is 11.5 Å². The maximum atomic E-state index is 13.2. The highest BCUT2D eigenvalue weighted by Crippen LogP contribution is 2.25. The van der Waals surface area contributed by atoms with Gasteiger partial charge in [0.15, 0.2) is 0 Å². The van der Waals surface area contributed by atoms with Crippen molar-refractivity contribution in [3.8, 4) is 11.3 Å². The number of nitrogens with one attached hydrogen (secondary N) is 1. The second kappa shape index (κ2) is 9.48. The number of aromatic nitrogens is 3. The number of pyridine rings is 1. The average Bonchev–Trinajstić information content (AvgIpc) is 3.61. The van der Waals surface area contributed by atoms with Gasteiger partial charge in [-0.25, -0.2) is 0 Å². The lowest BCUT2D eigenvalue weighted by molar-refractivity contribution is 0.0952. The zero-order valence-corrected chi connectivity index (χ0v) is 20.3. The van der Waals surface area contributed by atoms with E-state index >= 15 is 0 Å². The SMILES string of the molecule is O=C(c1cccs1)n1nc(-c2cccn(Cc3ccsc3)c2=O)cc1NCc1ccc(Cl)s1. The van der Waals surface area contributed by atoms with Crippen molar-refractivity contribution in [1.82, 2.24) is 14.3 Å². The third-order valence-corrected chi connectivity index (χ3v) is 7.76. The number of hydrogen-bond donors (Lipinski definition) is 1. The quantitative estimate of drug-likeness (QED) is 0.295. The normalized spacial score (nSPS) is 11.1. The molecule has 0 unspecified atom stereocenters. The fourth-order valence-electron chi connectivity index (χ4n) is 3.36. The Morgan fingerprint density at radius 1 is 1.12 bits per heavy atom. The summed E-state index contributed by atoms with van der Waals surface area (Å²) in [5.74, 6) is 0.262. The minimum atomic E-state index is -0.252. The molecule has 10 heteroatoms. The first-order chi connectivity index (χ1) is 16.1. The molecule has 6 nitrogen and oxygen atoms in total. The maximum absolute atomic E-state index is 13.2. The molecule has 0 atom stereocenters. The highest BCUT2D eigenvalue weighted by Gasteiger charge is 2.20. The summed E-state index contributed by atoms with van der Waals surface area (Å²) in [6, 6.07) is 14.6. The summed E-state index contributed by atoms with van der Waals surface area (Å²) in [6.07, 6.45) is 1.76. The molecule has 5 rings (SSSR count). The van der Waals surface area contributed by atoms with Crippen LogP contribution in [0.25, 0.3) is 11.3 Å². The van der Waals surface area contributed by atoms with E-state index in [1.165, 1.54) is 27.4 Å². The summed E-state index contributed by atoms with van der Waals surface area (Å²) in [5, 5.41) is 13.7. The van der Waals surface area contributed by atoms with Crippen LogP contribution < -0.4 is 10.9 Å². The van der Waals surface area contributed by atoms with Gasteiger partial charge in [0, 0.05) is 17.1 Å². The largest absolute Gasteiger partial charge is 0.365 e. The lowest BCUT2D eigenvalue weighted by atomic mass is 10.2. The minimum absolute atomic E-state index is 0.159. The van der Waals surface area contributed by atoms with Crippen LogP contribution in [-0.2, 0) is 13.1 Å². The summed E-state index contributed by atoms with van der Waals surface area (Å²) in [5.41, 5.74) is 1.78. The van der Waals surface area contributed by atoms with Gasteiger partial charge >= 0.3 is 0 Å². The van der Waals surface area contributed by atoms with Crippen molar-refractivity contribution < 1.29 is 4.79 Å². The van der Waals surface area contributed by atoms with Gasteiger partial charge in [0.2, 0.25) is 0 Å². The zero-order valence-electron chi connectivity index (χ0n) is 17.1. The lowest BCUT2D eigenvalue weighted by Gasteiger charge is -2.06. The van der Waals surface area contributed by atoms with Crippen LogP contribution in [0.5, 0.6) is 0 Å². The summed E-state index contributed by atoms with van der Waals surface area (Å²) < 4.78 is 3.68. The molecular weight excluding hydrogens is 496 g/mol. The van der Waals surface area contributed by atoms with Crippen molar-refractivity contribution in [2.75, 3.05) is 5.32 Å². The number of thiophene rings is 3. The molecule has 33 heavy (non-hydrogen) atoms. The summed E-state index contributed by atoms with van der Waals surface area (Å²) in [6.45, 7) is 0.965. The molecular formula is C23H17ClN4O2S3. The molecule has 0 saturated carbocycles. The first-order valence-electron chi connectivity index (χ1n) is 9.96. The Labute approximate surface area is 206 Å². The second-order valence-corrected chi connectivity index (χ2v) is 10.7. The smallest absolute Gasteiger partial charge is 0.290 e. The maximum Gasteiger partial charge on any atom is 0.290 e. The van der Waals surface area contributed by atoms with Gasteiger partial charge in [0.05, 0.1) is 27.9 Å². The van der Waals surface area contributed by atoms with Crippen LogP contribution in [0.4, 0.5) is 5.82 Å². The third kappa shape index (κ3) is 4.72. The Hall–Kier alpha value is -2.98. The molecule has 1 N–H and O–H groups in total. The van der Waals surface area contributed by atoms with Crippen molar-refractivity contribution in [2.24, 2.45) is 0 Å². The molecule has 5 heterocycles. The lowest BCUT2D eigenvalue weighted by Crippen LogP contribution is -2.21. The number of nitrogens with zero attached hydrogens (tertiary/aromatic N) is 3. The van der Waals surface area contributed by atoms with E-state index < -0.39 is 0 Å². The van der Waals surface area contributed by atoms with E-state index in [1.54, 1.807) is 40.3 Å². The zero-order chi connectivity index (χ0) is 22.8. The van der Waals surface area contributed by atoms with E-state index in [9.17, 15) is 9.59 Å². The van der Waals surface area contributed by atoms with E-state index in [4.69, 9.17) is 11.6 Å². The molecule has 0 radical (unpaired) electrons. The van der Waals surface area contributed by atoms with Gasteiger partial charge in [0.25, 0.3) is 11.5 Å². The molecule has 0 aliphatic carbocycles. The van der Waals surface area contributed by atoms with Crippen molar-refractivity contribution in [3.05, 3.63) is 101 Å². The highest BCUT2D eigenvalue weighted by atomic mass is 35.5. The number of halogens is 1. The van der Waals surface area contributed by atoms with E-state index in [0.29, 0.717) is 39.4 Å². The Kier molecular flexibility index (Phi) is 6.28. The standard InChI is InChI=1S/C23H17ClN4O2S3/c24-20-6-5-16(33-20)12-25-21-11-18(26-28(21)23(30)19-4-2-9-32-19)17-3-1-8-27(22(17)29)13-15-7-10-31-14-15/h1-11,14,25H,12-13H2. The molecule has 0 aliphatic rings. The molecule has 0 fully saturated rings. The Morgan fingerprint density at radius 2 is 2.03 bits per heavy atom. The van der Waals surface area contributed by atoms with E-state index in [0.717, 1.165) is 10.4 Å². The molecule has 0 saturated heterocycles. The van der Waals surface area contributed by atoms with Gasteiger partial charge < -0.3 is 9.88 Å². The van der Waals surface area contributed by atoms with E-state index in [2.05, 4.69) is 10.4 Å². The van der Waals surface area contributed by atoms with Gasteiger partial charge in [-0.1, -0.05) is 17.7 Å². The highest BCUT2D eigenvalue weighted by molar-refractivity contribution is 7.16. The first-order valence-corrected chi connectivity index (χ1v) is 13.0. The topological polar surface area (TPSA) is 68.9 Å². The van der Waals surface area contributed by atoms with Crippen LogP contribution in [0.2, 0.25) is 4.34 Å². The molecule has 0 bridgehead atoms. The third-order valence-electron chi connectivity index (χ3n) is 4.94. The molecule has 0 amide bonds. The van der Waals surface area contributed by atoms with Crippen LogP contribution in [0, 0.1) is 0 Å². The Morgan fingerprint density at radius 3 is 2.76 bits per heavy atom. The first kappa shape index (κ1) is 21.8. The van der Waals surface area contributed by atoms with Gasteiger partial charge in [-0.2, -0.15) is 21.1 Å². The van der Waals surface area contributed by atoms with Gasteiger partial charge in [-0.3, -0.25) is 9.59 Å². The van der Waals surface area contributed by atoms with Gasteiger partial charge in [-0.05, 0) is 58.1 Å². The van der Waals surface area contributed by atoms with Crippen molar-refractivity contribution in [1.29, 1.82) is 0 Å². The molecule has 0 aromatic carbocycles. The van der Waals surface area contributed by atoms with Crippen LogP contribution in [-0.4, -0.2) is 20.3 Å². The molecule has 5 aromatic rings. The fraction of sp³-hybridized carbons (Fsp3) is 0.0870. The van der Waals surface area contributed by atoms with Crippen molar-refractivity contribution in [3.63, 3.8) is 0 Å². The van der Waals surface area contributed by atoms with Crippen LogP contribution in [0.15, 0.2) is 75.7 Å². The molecule has 166 valence electrons. The van der Waals surface area contributed by atoms with Crippen molar-refractivity contribution in [2.45, 2.75) is 13.1 Å². The average molecular weight is 513 g/mol. The minimum Gasteiger partial charge on any atom is -0.365 e. The Bertz CT molecular complexity index is 1450. The van der Waals surface area contributed by atoms with Crippen molar-refractivity contribution >= 4 is 57.3 Å². The number of carbonyl (C=O) groups is 1. The molecule has 0 aliphatic heterocycles. The second-order valence-electron chi connectivity index (χ2n) is 7.15. The molecule has 5 aromatic heterocycles. The fourth-order valence-corrected chi connectivity index (χ4v) is 5.69. The summed E-state index contributed by atoms with van der Waals surface area (Å²) in [4.78, 5) is 27.9. The summed E-state index contributed by atoms with van der Waals surface area (Å²) in [7, 11) is 0. The monoisotopic (exact) mass is 512 g/mol. The van der Waals surface area contributed by atoms with Gasteiger partial charge in [-0.15, -0.1) is 22.7 Å². The number of carbonyl (C=O) groups excluding carboxylic acids is 1. The predicted molar refractivity (Wildman–Crippen MR) is 136 cm³/mol. The van der Waals surface area contributed by atoms with E-state index in [1.807, 2.05) is 46.5 Å². The van der Waals surface area contributed by atoms with Crippen LogP contribution in [0.3, 0.4) is 0 Å². The Balaban J connectivity index is 1.51. The predicted octanol–water partition coefficient (Wildman–Crippen LogP) is 5.90. The number of hydrogen-bond acceptors (Lipinski definition) is 7. The molecule has 0 spiro atoms. The van der Waals surface area contributed by atoms with Crippen LogP contribution >= 0.6 is 45.6 Å².